The van der Waals surface area contributed by atoms with Crippen molar-refractivity contribution < 1.29 is 14.7 Å². The minimum Gasteiger partial charge on any atom is -0.478 e. The molecule has 1 aromatic carbocycles. The molecular weight excluding hydrogens is 304 g/mol. The van der Waals surface area contributed by atoms with Gasteiger partial charge in [-0.15, -0.1) is 0 Å². The number of amides is 1. The van der Waals surface area contributed by atoms with Crippen LogP contribution in [0.15, 0.2) is 42.7 Å². The smallest absolute Gasteiger partial charge is 0.335 e. The summed E-state index contributed by atoms with van der Waals surface area (Å²) < 4.78 is 0. The second kappa shape index (κ2) is 7.25. The SMILES string of the molecule is CC(C)N(C(=O)c1cncc(-c2ccc(C(=O)O)cc2)c1)C(C)C. The van der Waals surface area contributed by atoms with Gasteiger partial charge in [-0.05, 0) is 51.5 Å². The lowest BCUT2D eigenvalue weighted by molar-refractivity contribution is 0.0641. The van der Waals surface area contributed by atoms with Crippen LogP contribution < -0.4 is 0 Å². The van der Waals surface area contributed by atoms with Gasteiger partial charge in [0.05, 0.1) is 11.1 Å². The number of carbonyl (C=O) groups excluding carboxylic acids is 1. The normalized spacial score (nSPS) is 10.9. The quantitative estimate of drug-likeness (QED) is 0.909. The Bertz CT molecular complexity index is 729. The highest BCUT2D eigenvalue weighted by Gasteiger charge is 2.22. The number of carboxylic acid groups (broad SMARTS) is 1. The van der Waals surface area contributed by atoms with E-state index in [4.69, 9.17) is 5.11 Å². The van der Waals surface area contributed by atoms with Crippen LogP contribution in [0.5, 0.6) is 0 Å². The number of hydrogen-bond donors (Lipinski definition) is 1. The van der Waals surface area contributed by atoms with Crippen molar-refractivity contribution in [3.05, 3.63) is 53.9 Å². The Morgan fingerprint density at radius 3 is 2.00 bits per heavy atom. The van der Waals surface area contributed by atoms with Crippen LogP contribution in [0.1, 0.15) is 48.4 Å². The van der Waals surface area contributed by atoms with Crippen molar-refractivity contribution in [2.45, 2.75) is 39.8 Å². The number of pyridine rings is 1. The molecule has 1 N–H and O–H groups in total. The van der Waals surface area contributed by atoms with E-state index in [1.165, 1.54) is 0 Å². The molecule has 0 aliphatic heterocycles. The number of carboxylic acids is 1. The molecule has 1 amide bonds. The van der Waals surface area contributed by atoms with E-state index in [1.54, 1.807) is 42.7 Å². The third kappa shape index (κ3) is 3.79. The van der Waals surface area contributed by atoms with Crippen molar-refractivity contribution in [3.63, 3.8) is 0 Å². The predicted molar refractivity (Wildman–Crippen MR) is 93.1 cm³/mol. The molecule has 2 rings (SSSR count). The van der Waals surface area contributed by atoms with Crippen LogP contribution in [0.25, 0.3) is 11.1 Å². The zero-order valence-corrected chi connectivity index (χ0v) is 14.4. The summed E-state index contributed by atoms with van der Waals surface area (Å²) in [5.41, 5.74) is 2.36. The third-order valence-corrected chi connectivity index (χ3v) is 3.80. The lowest BCUT2D eigenvalue weighted by atomic mass is 10.0. The summed E-state index contributed by atoms with van der Waals surface area (Å²) in [7, 11) is 0. The van der Waals surface area contributed by atoms with Crippen molar-refractivity contribution in [2.75, 3.05) is 0 Å². The molecule has 0 fully saturated rings. The summed E-state index contributed by atoms with van der Waals surface area (Å²) in [5.74, 6) is -1.02. The number of aromatic nitrogens is 1. The second-order valence-electron chi connectivity index (χ2n) is 6.24. The average Bonchev–Trinajstić information content (AvgIpc) is 2.54. The maximum atomic E-state index is 12.8. The molecule has 5 nitrogen and oxygen atoms in total. The summed E-state index contributed by atoms with van der Waals surface area (Å²) in [6.45, 7) is 7.94. The predicted octanol–water partition coefficient (Wildman–Crippen LogP) is 3.71. The topological polar surface area (TPSA) is 70.5 Å². The second-order valence-corrected chi connectivity index (χ2v) is 6.24. The third-order valence-electron chi connectivity index (χ3n) is 3.80. The van der Waals surface area contributed by atoms with Crippen LogP contribution in [-0.4, -0.2) is 39.0 Å². The van der Waals surface area contributed by atoms with Crippen molar-refractivity contribution >= 4 is 11.9 Å². The van der Waals surface area contributed by atoms with Crippen molar-refractivity contribution in [3.8, 4) is 11.1 Å². The molecule has 24 heavy (non-hydrogen) atoms. The summed E-state index contributed by atoms with van der Waals surface area (Å²) in [4.78, 5) is 29.7. The van der Waals surface area contributed by atoms with Gasteiger partial charge < -0.3 is 10.0 Å². The van der Waals surface area contributed by atoms with Crippen molar-refractivity contribution in [1.29, 1.82) is 0 Å². The lowest BCUT2D eigenvalue weighted by Crippen LogP contribution is -2.42. The molecule has 5 heteroatoms. The molecular formula is C19H22N2O3. The Hall–Kier alpha value is -2.69. The Labute approximate surface area is 142 Å². The molecule has 0 unspecified atom stereocenters. The van der Waals surface area contributed by atoms with E-state index in [2.05, 4.69) is 4.98 Å². The number of carbonyl (C=O) groups is 2. The first kappa shape index (κ1) is 17.7. The number of hydrogen-bond acceptors (Lipinski definition) is 3. The highest BCUT2D eigenvalue weighted by molar-refractivity contribution is 5.95. The number of nitrogens with zero attached hydrogens (tertiary/aromatic N) is 2. The summed E-state index contributed by atoms with van der Waals surface area (Å²) in [6.07, 6.45) is 3.23. The fourth-order valence-electron chi connectivity index (χ4n) is 2.73. The first-order chi connectivity index (χ1) is 11.3. The highest BCUT2D eigenvalue weighted by Crippen LogP contribution is 2.21. The van der Waals surface area contributed by atoms with Crippen molar-refractivity contribution in [2.24, 2.45) is 0 Å². The van der Waals surface area contributed by atoms with Gasteiger partial charge in [-0.1, -0.05) is 12.1 Å². The summed E-state index contributed by atoms with van der Waals surface area (Å²) >= 11 is 0. The zero-order valence-electron chi connectivity index (χ0n) is 14.4. The molecule has 1 heterocycles. The molecule has 0 aliphatic carbocycles. The van der Waals surface area contributed by atoms with Gasteiger partial charge in [-0.25, -0.2) is 4.79 Å². The van der Waals surface area contributed by atoms with Crippen LogP contribution in [0.3, 0.4) is 0 Å². The summed E-state index contributed by atoms with van der Waals surface area (Å²) in [6, 6.07) is 8.51. The summed E-state index contributed by atoms with van der Waals surface area (Å²) in [5, 5.41) is 8.97. The van der Waals surface area contributed by atoms with E-state index < -0.39 is 5.97 Å². The molecule has 126 valence electrons. The van der Waals surface area contributed by atoms with Gasteiger partial charge in [0.2, 0.25) is 0 Å². The van der Waals surface area contributed by atoms with Crippen LogP contribution in [0.4, 0.5) is 0 Å². The first-order valence-electron chi connectivity index (χ1n) is 7.92. The van der Waals surface area contributed by atoms with Crippen molar-refractivity contribution in [1.82, 2.24) is 9.88 Å². The number of benzene rings is 1. The van der Waals surface area contributed by atoms with Gasteiger partial charge in [0.25, 0.3) is 5.91 Å². The van der Waals surface area contributed by atoms with E-state index in [1.807, 2.05) is 32.6 Å². The molecule has 0 atom stereocenters. The molecule has 0 saturated carbocycles. The van der Waals surface area contributed by atoms with Gasteiger partial charge in [-0.3, -0.25) is 9.78 Å². The monoisotopic (exact) mass is 326 g/mol. The first-order valence-corrected chi connectivity index (χ1v) is 7.92. The standard InChI is InChI=1S/C19H22N2O3/c1-12(2)21(13(3)4)18(22)17-9-16(10-20-11-17)14-5-7-15(8-6-14)19(23)24/h5-13H,1-4H3,(H,23,24). The van der Waals surface area contributed by atoms with Gasteiger partial charge in [0.1, 0.15) is 0 Å². The van der Waals surface area contributed by atoms with Gasteiger partial charge in [0.15, 0.2) is 0 Å². The highest BCUT2D eigenvalue weighted by atomic mass is 16.4. The van der Waals surface area contributed by atoms with E-state index in [9.17, 15) is 9.59 Å². The van der Waals surface area contributed by atoms with E-state index >= 15 is 0 Å². The average molecular weight is 326 g/mol. The molecule has 0 radical (unpaired) electrons. The van der Waals surface area contributed by atoms with E-state index in [0.717, 1.165) is 11.1 Å². The van der Waals surface area contributed by atoms with E-state index in [-0.39, 0.29) is 23.6 Å². The van der Waals surface area contributed by atoms with Gasteiger partial charge in [-0.2, -0.15) is 0 Å². The van der Waals surface area contributed by atoms with Gasteiger partial charge in [0, 0.05) is 30.0 Å². The Morgan fingerprint density at radius 1 is 0.917 bits per heavy atom. The van der Waals surface area contributed by atoms with Gasteiger partial charge >= 0.3 is 5.97 Å². The minimum absolute atomic E-state index is 0.0588. The van der Waals surface area contributed by atoms with Crippen LogP contribution in [0.2, 0.25) is 0 Å². The molecule has 2 aromatic rings. The largest absolute Gasteiger partial charge is 0.478 e. The lowest BCUT2D eigenvalue weighted by Gasteiger charge is -2.30. The fourth-order valence-corrected chi connectivity index (χ4v) is 2.73. The van der Waals surface area contributed by atoms with Crippen LogP contribution in [-0.2, 0) is 0 Å². The Balaban J connectivity index is 2.34. The maximum absolute atomic E-state index is 12.8. The maximum Gasteiger partial charge on any atom is 0.335 e. The molecule has 0 aliphatic rings. The molecule has 0 saturated heterocycles. The molecule has 0 spiro atoms. The molecule has 1 aromatic heterocycles. The molecule has 0 bridgehead atoms. The minimum atomic E-state index is -0.965. The fraction of sp³-hybridized carbons (Fsp3) is 0.316. The number of aromatic carboxylic acids is 1. The van der Waals surface area contributed by atoms with Crippen LogP contribution >= 0.6 is 0 Å². The Kier molecular flexibility index (Phi) is 5.34. The zero-order chi connectivity index (χ0) is 17.9. The van der Waals surface area contributed by atoms with E-state index in [0.29, 0.717) is 5.56 Å². The Morgan fingerprint density at radius 2 is 1.50 bits per heavy atom. The number of rotatable bonds is 5. The van der Waals surface area contributed by atoms with Crippen LogP contribution in [0, 0.1) is 0 Å².